The second kappa shape index (κ2) is 6.73. The lowest BCUT2D eigenvalue weighted by molar-refractivity contribution is 0.581. The molecule has 0 aliphatic rings. The molecule has 4 heterocycles. The second-order valence-electron chi connectivity index (χ2n) is 8.49. The maximum atomic E-state index is 2.55. The number of para-hydroxylation sites is 1. The first-order valence-electron chi connectivity index (χ1n) is 10.6. The van der Waals surface area contributed by atoms with E-state index in [1.165, 1.54) is 47.8 Å². The Morgan fingerprint density at radius 1 is 0.700 bits per heavy atom. The van der Waals surface area contributed by atoms with Crippen molar-refractivity contribution in [1.29, 1.82) is 0 Å². The van der Waals surface area contributed by atoms with Gasteiger partial charge in [-0.1, -0.05) is 30.3 Å². The van der Waals surface area contributed by atoms with Crippen LogP contribution in [-0.4, -0.2) is 9.13 Å². The zero-order valence-corrected chi connectivity index (χ0v) is 19.1. The quantitative estimate of drug-likeness (QED) is 0.267. The van der Waals surface area contributed by atoms with Crippen molar-refractivity contribution in [1.82, 2.24) is 9.13 Å². The van der Waals surface area contributed by atoms with Gasteiger partial charge in [-0.2, -0.15) is 0 Å². The van der Waals surface area contributed by atoms with Gasteiger partial charge >= 0.3 is 0 Å². The molecular formula is C26H24N2S2. The Morgan fingerprint density at radius 2 is 1.37 bits per heavy atom. The lowest BCUT2D eigenvalue weighted by Gasteiger charge is -2.17. The van der Waals surface area contributed by atoms with Crippen LogP contribution in [0.2, 0.25) is 0 Å². The largest absolute Gasteiger partial charge is 0.338 e. The average Bonchev–Trinajstić information content (AvgIpc) is 3.47. The molecule has 2 aromatic carbocycles. The van der Waals surface area contributed by atoms with Crippen molar-refractivity contribution < 1.29 is 0 Å². The summed E-state index contributed by atoms with van der Waals surface area (Å²) in [6.45, 7) is 6.93. The number of fused-ring (bicyclic) bond motifs is 6. The van der Waals surface area contributed by atoms with E-state index in [2.05, 4.69) is 95.3 Å². The molecule has 1 unspecified atom stereocenters. The van der Waals surface area contributed by atoms with Crippen LogP contribution in [0.5, 0.6) is 0 Å². The zero-order chi connectivity index (χ0) is 20.4. The van der Waals surface area contributed by atoms with Crippen molar-refractivity contribution in [3.05, 3.63) is 70.9 Å². The molecule has 6 rings (SSSR count). The van der Waals surface area contributed by atoms with Crippen molar-refractivity contribution in [2.45, 2.75) is 39.3 Å². The fraction of sp³-hybridized carbons (Fsp3) is 0.231. The van der Waals surface area contributed by atoms with E-state index < -0.39 is 0 Å². The monoisotopic (exact) mass is 428 g/mol. The fourth-order valence-electron chi connectivity index (χ4n) is 5.19. The van der Waals surface area contributed by atoms with Crippen molar-refractivity contribution in [2.75, 3.05) is 0 Å². The summed E-state index contributed by atoms with van der Waals surface area (Å²) in [5, 5.41) is 7.25. The molecule has 150 valence electrons. The highest BCUT2D eigenvalue weighted by Gasteiger charge is 2.20. The van der Waals surface area contributed by atoms with Gasteiger partial charge in [0, 0.05) is 33.9 Å². The fourth-order valence-corrected chi connectivity index (χ4v) is 7.14. The van der Waals surface area contributed by atoms with Crippen molar-refractivity contribution in [3.8, 4) is 0 Å². The molecule has 2 nitrogen and oxygen atoms in total. The molecule has 0 aliphatic heterocycles. The molecule has 0 aliphatic carbocycles. The highest BCUT2D eigenvalue weighted by atomic mass is 32.1. The standard InChI is InChI=1S/C26H24N2S2/c1-16(2)27-20-9-5-4-8-19(20)24-18(7-6-10-21(24)27)15-17(3)28-22-11-13-29-25(22)26-23(28)12-14-30-26/h4-14,16-17H,15H2,1-3H3. The lowest BCUT2D eigenvalue weighted by Crippen LogP contribution is -2.08. The summed E-state index contributed by atoms with van der Waals surface area (Å²) >= 11 is 3.73. The summed E-state index contributed by atoms with van der Waals surface area (Å²) in [7, 11) is 0. The average molecular weight is 429 g/mol. The molecule has 4 heteroatoms. The van der Waals surface area contributed by atoms with Crippen molar-refractivity contribution in [3.63, 3.8) is 0 Å². The lowest BCUT2D eigenvalue weighted by atomic mass is 10.0. The molecule has 4 aromatic heterocycles. The maximum Gasteiger partial charge on any atom is 0.0700 e. The van der Waals surface area contributed by atoms with Gasteiger partial charge in [0.05, 0.1) is 20.4 Å². The third-order valence-corrected chi connectivity index (χ3v) is 8.28. The molecule has 1 atom stereocenters. The predicted molar refractivity (Wildman–Crippen MR) is 133 cm³/mol. The Hall–Kier alpha value is -2.56. The summed E-state index contributed by atoms with van der Waals surface area (Å²) in [6, 6.07) is 21.1. The Morgan fingerprint density at radius 3 is 2.07 bits per heavy atom. The summed E-state index contributed by atoms with van der Waals surface area (Å²) < 4.78 is 7.91. The van der Waals surface area contributed by atoms with Gasteiger partial charge in [-0.15, -0.1) is 22.7 Å². The van der Waals surface area contributed by atoms with Gasteiger partial charge in [-0.25, -0.2) is 0 Å². The molecule has 6 aromatic rings. The van der Waals surface area contributed by atoms with Crippen LogP contribution >= 0.6 is 22.7 Å². The van der Waals surface area contributed by atoms with Crippen LogP contribution in [0.15, 0.2) is 65.4 Å². The third kappa shape index (κ3) is 2.47. The Bertz CT molecular complexity index is 1470. The van der Waals surface area contributed by atoms with E-state index in [1.807, 2.05) is 22.7 Å². The van der Waals surface area contributed by atoms with Gasteiger partial charge in [0.15, 0.2) is 0 Å². The first kappa shape index (κ1) is 18.2. The van der Waals surface area contributed by atoms with E-state index in [4.69, 9.17) is 0 Å². The number of aromatic nitrogens is 2. The zero-order valence-electron chi connectivity index (χ0n) is 17.4. The number of nitrogens with zero attached hydrogens (tertiary/aromatic N) is 2. The molecule has 0 N–H and O–H groups in total. The van der Waals surface area contributed by atoms with Crippen LogP contribution in [0.3, 0.4) is 0 Å². The number of hydrogen-bond acceptors (Lipinski definition) is 2. The van der Waals surface area contributed by atoms with Gasteiger partial charge in [-0.3, -0.25) is 0 Å². The van der Waals surface area contributed by atoms with E-state index in [1.54, 1.807) is 0 Å². The normalized spacial score (nSPS) is 13.5. The minimum Gasteiger partial charge on any atom is -0.338 e. The minimum absolute atomic E-state index is 0.390. The second-order valence-corrected chi connectivity index (χ2v) is 10.3. The molecule has 0 saturated carbocycles. The molecule has 0 bridgehead atoms. The van der Waals surface area contributed by atoms with Crippen LogP contribution in [0.1, 0.15) is 38.4 Å². The predicted octanol–water partition coefficient (Wildman–Crippen LogP) is 8.41. The molecule has 0 spiro atoms. The van der Waals surface area contributed by atoms with Gasteiger partial charge in [0.2, 0.25) is 0 Å². The van der Waals surface area contributed by atoms with Gasteiger partial charge in [-0.05, 0) is 67.8 Å². The van der Waals surface area contributed by atoms with E-state index in [9.17, 15) is 0 Å². The molecular weight excluding hydrogens is 404 g/mol. The van der Waals surface area contributed by atoms with Crippen LogP contribution in [-0.2, 0) is 6.42 Å². The Kier molecular flexibility index (Phi) is 4.09. The molecule has 0 amide bonds. The summed E-state index contributed by atoms with van der Waals surface area (Å²) in [5.74, 6) is 0. The van der Waals surface area contributed by atoms with Crippen LogP contribution in [0, 0.1) is 0 Å². The first-order valence-corrected chi connectivity index (χ1v) is 12.4. The first-order chi connectivity index (χ1) is 14.6. The number of rotatable bonds is 4. The molecule has 0 fully saturated rings. The number of thiophene rings is 2. The summed E-state index contributed by atoms with van der Waals surface area (Å²) in [6.07, 6.45) is 1.02. The summed E-state index contributed by atoms with van der Waals surface area (Å²) in [5.41, 5.74) is 6.89. The Labute approximate surface area is 184 Å². The number of benzene rings is 2. The maximum absolute atomic E-state index is 2.55. The van der Waals surface area contributed by atoms with E-state index in [0.29, 0.717) is 12.1 Å². The third-order valence-electron chi connectivity index (χ3n) is 6.31. The molecule has 0 saturated heterocycles. The number of hydrogen-bond donors (Lipinski definition) is 0. The van der Waals surface area contributed by atoms with Crippen LogP contribution < -0.4 is 0 Å². The van der Waals surface area contributed by atoms with Crippen molar-refractivity contribution >= 4 is 64.9 Å². The minimum atomic E-state index is 0.390. The molecule has 0 radical (unpaired) electrons. The van der Waals surface area contributed by atoms with Gasteiger partial charge in [0.25, 0.3) is 0 Å². The SMILES string of the molecule is CC(C)n1c2ccccc2c2c(CC(C)n3c4ccsc4c4sccc43)cccc21. The van der Waals surface area contributed by atoms with Gasteiger partial charge in [0.1, 0.15) is 0 Å². The topological polar surface area (TPSA) is 9.86 Å². The highest BCUT2D eigenvalue weighted by Crippen LogP contribution is 2.40. The smallest absolute Gasteiger partial charge is 0.0700 e. The van der Waals surface area contributed by atoms with E-state index in [0.717, 1.165) is 6.42 Å². The van der Waals surface area contributed by atoms with Crippen LogP contribution in [0.4, 0.5) is 0 Å². The van der Waals surface area contributed by atoms with Crippen molar-refractivity contribution in [2.24, 2.45) is 0 Å². The molecule has 30 heavy (non-hydrogen) atoms. The Balaban J connectivity index is 1.55. The van der Waals surface area contributed by atoms with Gasteiger partial charge < -0.3 is 9.13 Å². The van der Waals surface area contributed by atoms with Crippen LogP contribution in [0.25, 0.3) is 42.2 Å². The summed E-state index contributed by atoms with van der Waals surface area (Å²) in [4.78, 5) is 0. The van der Waals surface area contributed by atoms with E-state index in [-0.39, 0.29) is 0 Å². The highest BCUT2D eigenvalue weighted by molar-refractivity contribution is 7.25. The van der Waals surface area contributed by atoms with E-state index >= 15 is 0 Å².